The summed E-state index contributed by atoms with van der Waals surface area (Å²) in [5.74, 6) is 0.501. The van der Waals surface area contributed by atoms with E-state index in [0.29, 0.717) is 33.0 Å². The predicted octanol–water partition coefficient (Wildman–Crippen LogP) is 2.70. The number of carbonyl (C=O) groups is 1. The van der Waals surface area contributed by atoms with Crippen LogP contribution in [0.15, 0.2) is 78.1 Å². The van der Waals surface area contributed by atoms with Crippen LogP contribution in [-0.4, -0.2) is 21.5 Å². The molecule has 0 aliphatic heterocycles. The molecule has 154 valence electrons. The molecule has 1 aliphatic rings. The maximum absolute atomic E-state index is 12.9. The van der Waals surface area contributed by atoms with Crippen molar-refractivity contribution in [1.29, 1.82) is 0 Å². The van der Waals surface area contributed by atoms with Crippen molar-refractivity contribution in [2.45, 2.75) is 18.9 Å². The van der Waals surface area contributed by atoms with Gasteiger partial charge in [0.05, 0.1) is 11.1 Å². The molecule has 1 saturated carbocycles. The molecule has 3 heterocycles. The van der Waals surface area contributed by atoms with Gasteiger partial charge in [-0.2, -0.15) is 4.73 Å². The van der Waals surface area contributed by atoms with Gasteiger partial charge in [-0.3, -0.25) is 9.59 Å². The molecule has 0 atom stereocenters. The lowest BCUT2D eigenvalue weighted by atomic mass is 10.1. The Morgan fingerprint density at radius 3 is 2.81 bits per heavy atom. The van der Waals surface area contributed by atoms with Crippen LogP contribution in [0.3, 0.4) is 0 Å². The Kier molecular flexibility index (Phi) is 4.59. The highest BCUT2D eigenvalue weighted by atomic mass is 16.5. The van der Waals surface area contributed by atoms with Crippen LogP contribution >= 0.6 is 0 Å². The first-order valence-electron chi connectivity index (χ1n) is 9.87. The third-order valence-corrected chi connectivity index (χ3v) is 5.00. The Hall–Kier alpha value is -4.20. The highest BCUT2D eigenvalue weighted by Crippen LogP contribution is 2.25. The molecule has 1 amide bonds. The van der Waals surface area contributed by atoms with Crippen molar-refractivity contribution in [2.24, 2.45) is 0 Å². The second-order valence-electron chi connectivity index (χ2n) is 7.36. The van der Waals surface area contributed by atoms with Crippen molar-refractivity contribution in [2.75, 3.05) is 0 Å². The van der Waals surface area contributed by atoms with E-state index < -0.39 is 0 Å². The number of fused-ring (bicyclic) bond motifs is 1. The first kappa shape index (κ1) is 18.8. The monoisotopic (exact) mass is 414 g/mol. The van der Waals surface area contributed by atoms with E-state index in [1.807, 2.05) is 6.07 Å². The highest BCUT2D eigenvalue weighted by molar-refractivity contribution is 5.97. The summed E-state index contributed by atoms with van der Waals surface area (Å²) in [4.78, 5) is 30.0. The van der Waals surface area contributed by atoms with E-state index >= 15 is 0 Å². The number of pyridine rings is 3. The van der Waals surface area contributed by atoms with E-state index in [1.165, 1.54) is 18.6 Å². The van der Waals surface area contributed by atoms with Crippen molar-refractivity contribution in [3.8, 4) is 17.2 Å². The molecule has 0 saturated heterocycles. The van der Waals surface area contributed by atoms with E-state index in [9.17, 15) is 14.8 Å². The summed E-state index contributed by atoms with van der Waals surface area (Å²) < 4.78 is 8.15. The lowest BCUT2D eigenvalue weighted by molar-refractivity contribution is -0.605. The number of amides is 1. The zero-order valence-corrected chi connectivity index (χ0v) is 16.4. The van der Waals surface area contributed by atoms with Crippen LogP contribution in [0.2, 0.25) is 0 Å². The molecule has 5 rings (SSSR count). The number of benzene rings is 1. The summed E-state index contributed by atoms with van der Waals surface area (Å²) in [7, 11) is 0. The van der Waals surface area contributed by atoms with Crippen molar-refractivity contribution >= 4 is 16.9 Å². The van der Waals surface area contributed by atoms with Crippen LogP contribution in [0.25, 0.3) is 16.7 Å². The fourth-order valence-electron chi connectivity index (χ4n) is 3.34. The molecule has 1 fully saturated rings. The molecule has 31 heavy (non-hydrogen) atoms. The summed E-state index contributed by atoms with van der Waals surface area (Å²) in [5, 5.41) is 14.7. The molecule has 1 aliphatic carbocycles. The van der Waals surface area contributed by atoms with Gasteiger partial charge < -0.3 is 19.8 Å². The standard InChI is InChI=1S/C23H18N4O4/c28-21-19-7-2-10-24-22(19)27(14-20(21)23(29)25-15-8-9-15)16-4-1-5-17(12-16)31-18-6-3-11-26(30)13-18/h1-7,10-15H,8-9H2,(H,25,29). The summed E-state index contributed by atoms with van der Waals surface area (Å²) in [6, 6.07) is 13.9. The molecule has 0 radical (unpaired) electrons. The molecular formula is C23H18N4O4. The molecule has 3 aromatic heterocycles. The largest absolute Gasteiger partial charge is 0.619 e. The smallest absolute Gasteiger partial charge is 0.257 e. The number of aromatic nitrogens is 3. The van der Waals surface area contributed by atoms with Crippen LogP contribution in [0.5, 0.6) is 11.5 Å². The average Bonchev–Trinajstić information content (AvgIpc) is 3.58. The number of nitrogens with one attached hydrogen (secondary N) is 1. The number of rotatable bonds is 5. The Bertz CT molecular complexity index is 1360. The second kappa shape index (κ2) is 7.56. The van der Waals surface area contributed by atoms with Crippen LogP contribution in [0.4, 0.5) is 0 Å². The topological polar surface area (TPSA) is 100 Å². The average molecular weight is 414 g/mol. The maximum atomic E-state index is 12.9. The van der Waals surface area contributed by atoms with Crippen molar-refractivity contribution in [3.63, 3.8) is 0 Å². The van der Waals surface area contributed by atoms with Gasteiger partial charge >= 0.3 is 0 Å². The van der Waals surface area contributed by atoms with Crippen LogP contribution in [0.1, 0.15) is 23.2 Å². The molecule has 0 spiro atoms. The Balaban J connectivity index is 1.60. The molecule has 0 bridgehead atoms. The van der Waals surface area contributed by atoms with Crippen molar-refractivity contribution in [1.82, 2.24) is 14.9 Å². The van der Waals surface area contributed by atoms with Gasteiger partial charge in [0.25, 0.3) is 5.91 Å². The molecule has 8 heteroatoms. The molecule has 1 aromatic carbocycles. The molecule has 4 aromatic rings. The third kappa shape index (κ3) is 3.83. The zero-order valence-electron chi connectivity index (χ0n) is 16.4. The zero-order chi connectivity index (χ0) is 21.4. The number of hydrogen-bond acceptors (Lipinski definition) is 5. The minimum atomic E-state index is -0.385. The Labute approximate surface area is 176 Å². The van der Waals surface area contributed by atoms with Gasteiger partial charge in [-0.15, -0.1) is 0 Å². The van der Waals surface area contributed by atoms with E-state index in [-0.39, 0.29) is 22.9 Å². The number of carbonyl (C=O) groups excluding carboxylic acids is 1. The van der Waals surface area contributed by atoms with Gasteiger partial charge in [0.1, 0.15) is 17.0 Å². The second-order valence-corrected chi connectivity index (χ2v) is 7.36. The summed E-state index contributed by atoms with van der Waals surface area (Å²) in [6.45, 7) is 0. The maximum Gasteiger partial charge on any atom is 0.257 e. The number of nitrogens with zero attached hydrogens (tertiary/aromatic N) is 3. The first-order chi connectivity index (χ1) is 15.1. The van der Waals surface area contributed by atoms with Gasteiger partial charge in [-0.05, 0) is 43.2 Å². The fourth-order valence-corrected chi connectivity index (χ4v) is 3.34. The molecule has 1 N–H and O–H groups in total. The normalized spacial score (nSPS) is 13.2. The van der Waals surface area contributed by atoms with Crippen molar-refractivity contribution in [3.05, 3.63) is 94.3 Å². The third-order valence-electron chi connectivity index (χ3n) is 5.00. The molecular weight excluding hydrogens is 396 g/mol. The fraction of sp³-hybridized carbons (Fsp3) is 0.130. The van der Waals surface area contributed by atoms with Crippen LogP contribution in [-0.2, 0) is 0 Å². The lowest BCUT2D eigenvalue weighted by Crippen LogP contribution is -2.31. The number of ether oxygens (including phenoxy) is 1. The van der Waals surface area contributed by atoms with Gasteiger partial charge in [0.15, 0.2) is 11.9 Å². The summed E-state index contributed by atoms with van der Waals surface area (Å²) in [5.41, 5.74) is 0.806. The van der Waals surface area contributed by atoms with E-state index in [0.717, 1.165) is 12.8 Å². The first-order valence-corrected chi connectivity index (χ1v) is 9.87. The van der Waals surface area contributed by atoms with Gasteiger partial charge in [0.2, 0.25) is 11.6 Å². The number of hydrogen-bond donors (Lipinski definition) is 1. The Morgan fingerprint density at radius 2 is 2.00 bits per heavy atom. The quantitative estimate of drug-likeness (QED) is 0.400. The van der Waals surface area contributed by atoms with Gasteiger partial charge in [-0.25, -0.2) is 4.98 Å². The predicted molar refractivity (Wildman–Crippen MR) is 113 cm³/mol. The van der Waals surface area contributed by atoms with Gasteiger partial charge in [0, 0.05) is 30.6 Å². The minimum Gasteiger partial charge on any atom is -0.619 e. The SMILES string of the molecule is O=C(NC1CC1)c1cn(-c2cccc(Oc3ccc[n+]([O-])c3)c2)c2ncccc2c1=O. The summed E-state index contributed by atoms with van der Waals surface area (Å²) >= 11 is 0. The van der Waals surface area contributed by atoms with E-state index in [1.54, 1.807) is 53.2 Å². The highest BCUT2D eigenvalue weighted by Gasteiger charge is 2.26. The Morgan fingerprint density at radius 1 is 1.16 bits per heavy atom. The van der Waals surface area contributed by atoms with E-state index in [4.69, 9.17) is 4.74 Å². The van der Waals surface area contributed by atoms with Crippen LogP contribution in [0, 0.1) is 5.21 Å². The minimum absolute atomic E-state index is 0.0641. The molecule has 8 nitrogen and oxygen atoms in total. The lowest BCUT2D eigenvalue weighted by Gasteiger charge is -2.14. The van der Waals surface area contributed by atoms with E-state index in [2.05, 4.69) is 10.3 Å². The van der Waals surface area contributed by atoms with Crippen LogP contribution < -0.4 is 20.2 Å². The molecule has 0 unspecified atom stereocenters. The summed E-state index contributed by atoms with van der Waals surface area (Å²) in [6.07, 6.45) is 7.66. The van der Waals surface area contributed by atoms with Crippen molar-refractivity contribution < 1.29 is 14.3 Å². The van der Waals surface area contributed by atoms with Gasteiger partial charge in [-0.1, -0.05) is 6.07 Å².